The number of aromatic amines is 1. The van der Waals surface area contributed by atoms with Gasteiger partial charge < -0.3 is 10.1 Å². The second kappa shape index (κ2) is 10.1. The maximum absolute atomic E-state index is 11.9. The average molecular weight is 417 g/mol. The van der Waals surface area contributed by atoms with Crippen LogP contribution in [-0.4, -0.2) is 40.0 Å². The van der Waals surface area contributed by atoms with E-state index < -0.39 is 0 Å². The Kier molecular flexibility index (Phi) is 7.33. The van der Waals surface area contributed by atoms with Crippen LogP contribution < -0.4 is 10.1 Å². The van der Waals surface area contributed by atoms with E-state index in [1.807, 2.05) is 12.1 Å². The summed E-state index contributed by atoms with van der Waals surface area (Å²) in [5.74, 6) is 1.56. The fraction of sp³-hybridized carbons (Fsp3) is 0.250. The molecule has 146 valence electrons. The Morgan fingerprint density at radius 2 is 1.93 bits per heavy atom. The largest absolute Gasteiger partial charge is 0.492 e. The Morgan fingerprint density at radius 1 is 1.18 bits per heavy atom. The number of hydrogen-bond donors (Lipinski definition) is 2. The van der Waals surface area contributed by atoms with Crippen LogP contribution in [-0.2, 0) is 11.2 Å². The molecule has 0 saturated carbocycles. The smallest absolute Gasteiger partial charge is 0.230 e. The van der Waals surface area contributed by atoms with Gasteiger partial charge in [0.05, 0.1) is 12.3 Å². The fourth-order valence-electron chi connectivity index (χ4n) is 2.41. The summed E-state index contributed by atoms with van der Waals surface area (Å²) in [5, 5.41) is 11.1. The van der Waals surface area contributed by atoms with Gasteiger partial charge in [-0.25, -0.2) is 4.98 Å². The van der Waals surface area contributed by atoms with Gasteiger partial charge in [-0.1, -0.05) is 54.6 Å². The summed E-state index contributed by atoms with van der Waals surface area (Å²) in [6, 6.07) is 15.3. The number of amides is 1. The molecule has 1 aromatic heterocycles. The van der Waals surface area contributed by atoms with Crippen LogP contribution in [0.15, 0.2) is 53.7 Å². The van der Waals surface area contributed by atoms with Gasteiger partial charge in [0.2, 0.25) is 11.1 Å². The standard InChI is InChI=1S/C20H21ClN4O2S/c1-2-14-3-5-15(6-4-14)19-23-20(25-24-19)28-13-18(26)22-11-12-27-17-9-7-16(21)8-10-17/h3-10H,2,11-13H2,1H3,(H,22,26)(H,23,24,25). The SMILES string of the molecule is CCc1ccc(-c2nc(SCC(=O)NCCOc3ccc(Cl)cc3)n[nH]2)cc1. The third-order valence-corrected chi connectivity index (χ3v) is 5.04. The van der Waals surface area contributed by atoms with Crippen LogP contribution in [0.5, 0.6) is 5.75 Å². The van der Waals surface area contributed by atoms with Crippen molar-refractivity contribution in [2.45, 2.75) is 18.5 Å². The average Bonchev–Trinajstić information content (AvgIpc) is 3.20. The Hall–Kier alpha value is -2.51. The van der Waals surface area contributed by atoms with Crippen molar-refractivity contribution in [2.24, 2.45) is 0 Å². The van der Waals surface area contributed by atoms with Crippen LogP contribution in [0.2, 0.25) is 5.02 Å². The van der Waals surface area contributed by atoms with E-state index in [9.17, 15) is 4.79 Å². The molecule has 0 aliphatic rings. The van der Waals surface area contributed by atoms with Gasteiger partial charge >= 0.3 is 0 Å². The van der Waals surface area contributed by atoms with E-state index in [1.165, 1.54) is 17.3 Å². The molecule has 2 aromatic carbocycles. The van der Waals surface area contributed by atoms with Gasteiger partial charge in [-0.05, 0) is 36.2 Å². The summed E-state index contributed by atoms with van der Waals surface area (Å²) in [5.41, 5.74) is 2.25. The highest BCUT2D eigenvalue weighted by molar-refractivity contribution is 7.99. The summed E-state index contributed by atoms with van der Waals surface area (Å²) in [7, 11) is 0. The number of halogens is 1. The molecule has 0 bridgehead atoms. The lowest BCUT2D eigenvalue weighted by Crippen LogP contribution is -2.29. The van der Waals surface area contributed by atoms with E-state index >= 15 is 0 Å². The molecule has 0 atom stereocenters. The Bertz CT molecular complexity index is 897. The molecule has 8 heteroatoms. The number of H-pyrrole nitrogens is 1. The van der Waals surface area contributed by atoms with Crippen LogP contribution in [0.1, 0.15) is 12.5 Å². The summed E-state index contributed by atoms with van der Waals surface area (Å²) >= 11 is 7.11. The van der Waals surface area contributed by atoms with Crippen molar-refractivity contribution in [1.29, 1.82) is 0 Å². The lowest BCUT2D eigenvalue weighted by atomic mass is 10.1. The Labute approximate surface area is 173 Å². The predicted octanol–water partition coefficient (Wildman–Crippen LogP) is 3.97. The first-order chi connectivity index (χ1) is 13.6. The third kappa shape index (κ3) is 6.00. The molecular formula is C20H21ClN4O2S. The minimum atomic E-state index is -0.0941. The van der Waals surface area contributed by atoms with E-state index in [2.05, 4.69) is 39.6 Å². The second-order valence-corrected chi connectivity index (χ2v) is 7.34. The topological polar surface area (TPSA) is 79.9 Å². The molecule has 0 unspecified atom stereocenters. The Morgan fingerprint density at radius 3 is 2.64 bits per heavy atom. The molecule has 0 aliphatic heterocycles. The van der Waals surface area contributed by atoms with Gasteiger partial charge in [-0.3, -0.25) is 9.89 Å². The number of aromatic nitrogens is 3. The molecule has 0 aliphatic carbocycles. The number of aryl methyl sites for hydroxylation is 1. The molecule has 0 spiro atoms. The first-order valence-electron chi connectivity index (χ1n) is 8.93. The van der Waals surface area contributed by atoms with E-state index in [-0.39, 0.29) is 11.7 Å². The monoisotopic (exact) mass is 416 g/mol. The summed E-state index contributed by atoms with van der Waals surface area (Å²) in [6.45, 7) is 2.93. The maximum atomic E-state index is 11.9. The molecule has 6 nitrogen and oxygen atoms in total. The molecule has 1 amide bonds. The zero-order chi connectivity index (χ0) is 19.8. The van der Waals surface area contributed by atoms with Gasteiger partial charge in [-0.2, -0.15) is 0 Å². The number of ether oxygens (including phenoxy) is 1. The molecule has 3 rings (SSSR count). The van der Waals surface area contributed by atoms with Crippen molar-refractivity contribution < 1.29 is 9.53 Å². The van der Waals surface area contributed by atoms with Crippen molar-refractivity contribution >= 4 is 29.3 Å². The molecule has 0 fully saturated rings. The molecule has 0 saturated heterocycles. The highest BCUT2D eigenvalue weighted by atomic mass is 35.5. The summed E-state index contributed by atoms with van der Waals surface area (Å²) in [4.78, 5) is 16.4. The van der Waals surface area contributed by atoms with Crippen LogP contribution in [0.4, 0.5) is 0 Å². The van der Waals surface area contributed by atoms with Gasteiger partial charge in [0.25, 0.3) is 0 Å². The van der Waals surface area contributed by atoms with E-state index in [0.29, 0.717) is 34.9 Å². The number of carbonyl (C=O) groups is 1. The molecule has 1 heterocycles. The molecular weight excluding hydrogens is 396 g/mol. The normalized spacial score (nSPS) is 10.6. The van der Waals surface area contributed by atoms with E-state index in [1.54, 1.807) is 24.3 Å². The zero-order valence-electron chi connectivity index (χ0n) is 15.4. The quantitative estimate of drug-likeness (QED) is 0.407. The van der Waals surface area contributed by atoms with Gasteiger partial charge in [0.15, 0.2) is 5.82 Å². The number of hydrogen-bond acceptors (Lipinski definition) is 5. The minimum Gasteiger partial charge on any atom is -0.492 e. The van der Waals surface area contributed by atoms with Gasteiger partial charge in [0, 0.05) is 10.6 Å². The van der Waals surface area contributed by atoms with Crippen LogP contribution in [0, 0.1) is 0 Å². The first kappa shape index (κ1) is 20.2. The second-order valence-electron chi connectivity index (χ2n) is 5.96. The molecule has 28 heavy (non-hydrogen) atoms. The molecule has 0 radical (unpaired) electrons. The summed E-state index contributed by atoms with van der Waals surface area (Å²) < 4.78 is 5.53. The summed E-state index contributed by atoms with van der Waals surface area (Å²) in [6.07, 6.45) is 0.998. The van der Waals surface area contributed by atoms with Crippen LogP contribution in [0.25, 0.3) is 11.4 Å². The lowest BCUT2D eigenvalue weighted by Gasteiger charge is -2.07. The number of carbonyl (C=O) groups excluding carboxylic acids is 1. The van der Waals surface area contributed by atoms with Crippen molar-refractivity contribution in [1.82, 2.24) is 20.5 Å². The van der Waals surface area contributed by atoms with Crippen molar-refractivity contribution in [3.63, 3.8) is 0 Å². The van der Waals surface area contributed by atoms with Crippen molar-refractivity contribution in [3.05, 3.63) is 59.1 Å². The minimum absolute atomic E-state index is 0.0941. The molecule has 3 aromatic rings. The first-order valence-corrected chi connectivity index (χ1v) is 10.3. The number of thioether (sulfide) groups is 1. The Balaban J connectivity index is 1.38. The maximum Gasteiger partial charge on any atom is 0.230 e. The van der Waals surface area contributed by atoms with Crippen molar-refractivity contribution in [3.8, 4) is 17.1 Å². The highest BCUT2D eigenvalue weighted by Gasteiger charge is 2.09. The fourth-order valence-corrected chi connectivity index (χ4v) is 3.16. The third-order valence-electron chi connectivity index (χ3n) is 3.94. The highest BCUT2D eigenvalue weighted by Crippen LogP contribution is 2.20. The van der Waals surface area contributed by atoms with Gasteiger partial charge in [-0.15, -0.1) is 5.10 Å². The van der Waals surface area contributed by atoms with E-state index in [4.69, 9.17) is 16.3 Å². The number of rotatable bonds is 9. The van der Waals surface area contributed by atoms with Crippen LogP contribution in [0.3, 0.4) is 0 Å². The van der Waals surface area contributed by atoms with Crippen LogP contribution >= 0.6 is 23.4 Å². The predicted molar refractivity (Wildman–Crippen MR) is 112 cm³/mol. The number of benzene rings is 2. The lowest BCUT2D eigenvalue weighted by molar-refractivity contribution is -0.118. The zero-order valence-corrected chi connectivity index (χ0v) is 17.0. The van der Waals surface area contributed by atoms with Gasteiger partial charge in [0.1, 0.15) is 12.4 Å². The molecule has 2 N–H and O–H groups in total. The number of nitrogens with zero attached hydrogens (tertiary/aromatic N) is 2. The van der Waals surface area contributed by atoms with E-state index in [0.717, 1.165) is 12.0 Å². The number of nitrogens with one attached hydrogen (secondary N) is 2. The van der Waals surface area contributed by atoms with Crippen molar-refractivity contribution in [2.75, 3.05) is 18.9 Å².